The van der Waals surface area contributed by atoms with E-state index in [1.54, 1.807) is 25.6 Å². The highest BCUT2D eigenvalue weighted by atomic mass is 19.4. The Morgan fingerprint density at radius 1 is 1.17 bits per heavy atom. The molecule has 0 spiro atoms. The molecule has 8 heteroatoms. The first-order chi connectivity index (χ1) is 11.1. The van der Waals surface area contributed by atoms with Gasteiger partial charge in [0, 0.05) is 24.3 Å². The van der Waals surface area contributed by atoms with Crippen molar-refractivity contribution in [3.05, 3.63) is 29.2 Å². The lowest BCUT2D eigenvalue weighted by Gasteiger charge is -2.12. The second-order valence-corrected chi connectivity index (χ2v) is 6.14. The molecule has 0 N–H and O–H groups in total. The molecule has 0 radical (unpaired) electrons. The largest absolute Gasteiger partial charge is 0.417 e. The van der Waals surface area contributed by atoms with Gasteiger partial charge in [0.2, 0.25) is 0 Å². The van der Waals surface area contributed by atoms with Gasteiger partial charge in [0.15, 0.2) is 5.65 Å². The van der Waals surface area contributed by atoms with Gasteiger partial charge < -0.3 is 0 Å². The zero-order valence-corrected chi connectivity index (χ0v) is 14.1. The number of hydrogen-bond acceptors (Lipinski definition) is 3. The smallest absolute Gasteiger partial charge is 0.272 e. The molecule has 0 amide bonds. The Hall–Kier alpha value is -2.38. The summed E-state index contributed by atoms with van der Waals surface area (Å²) in [5.74, 6) is 0. The third kappa shape index (κ3) is 2.46. The minimum absolute atomic E-state index is 0.0569. The van der Waals surface area contributed by atoms with E-state index in [9.17, 15) is 13.2 Å². The van der Waals surface area contributed by atoms with Crippen molar-refractivity contribution in [2.75, 3.05) is 0 Å². The molecular weight excluding hydrogens is 319 g/mol. The summed E-state index contributed by atoms with van der Waals surface area (Å²) in [4.78, 5) is 4.48. The van der Waals surface area contributed by atoms with Gasteiger partial charge >= 0.3 is 6.18 Å². The summed E-state index contributed by atoms with van der Waals surface area (Å²) >= 11 is 0. The fourth-order valence-electron chi connectivity index (χ4n) is 2.78. The van der Waals surface area contributed by atoms with Gasteiger partial charge in [-0.05, 0) is 33.8 Å². The average molecular weight is 337 g/mol. The molecule has 0 atom stereocenters. The van der Waals surface area contributed by atoms with Crippen LogP contribution in [0.2, 0.25) is 0 Å². The maximum absolute atomic E-state index is 13.6. The van der Waals surface area contributed by atoms with Crippen LogP contribution >= 0.6 is 0 Å². The molecule has 0 saturated heterocycles. The molecule has 24 heavy (non-hydrogen) atoms. The molecule has 3 aromatic rings. The third-order valence-corrected chi connectivity index (χ3v) is 4.14. The highest BCUT2D eigenvalue weighted by Crippen LogP contribution is 2.38. The number of alkyl halides is 3. The van der Waals surface area contributed by atoms with Crippen molar-refractivity contribution >= 4 is 11.0 Å². The van der Waals surface area contributed by atoms with Crippen LogP contribution in [0.15, 0.2) is 12.3 Å². The Balaban J connectivity index is 2.41. The minimum atomic E-state index is -4.48. The molecule has 128 valence electrons. The monoisotopic (exact) mass is 337 g/mol. The van der Waals surface area contributed by atoms with Crippen LogP contribution < -0.4 is 0 Å². The number of aryl methyl sites for hydroxylation is 2. The fraction of sp³-hybridized carbons (Fsp3) is 0.438. The van der Waals surface area contributed by atoms with E-state index in [0.29, 0.717) is 11.3 Å². The first-order valence-corrected chi connectivity index (χ1v) is 7.57. The fourth-order valence-corrected chi connectivity index (χ4v) is 2.78. The molecule has 0 fully saturated rings. The summed E-state index contributed by atoms with van der Waals surface area (Å²) in [6.45, 7) is 7.10. The van der Waals surface area contributed by atoms with E-state index in [-0.39, 0.29) is 22.8 Å². The predicted octanol–water partition coefficient (Wildman–Crippen LogP) is 4.05. The lowest BCUT2D eigenvalue weighted by atomic mass is 10.1. The highest BCUT2D eigenvalue weighted by molar-refractivity contribution is 5.86. The highest BCUT2D eigenvalue weighted by Gasteiger charge is 2.36. The molecule has 0 aliphatic heterocycles. The molecule has 0 saturated carbocycles. The van der Waals surface area contributed by atoms with Crippen LogP contribution in [0.4, 0.5) is 13.2 Å². The number of nitrogens with zero attached hydrogens (tertiary/aromatic N) is 5. The summed E-state index contributed by atoms with van der Waals surface area (Å²) in [7, 11) is 1.74. The van der Waals surface area contributed by atoms with E-state index in [2.05, 4.69) is 15.2 Å². The van der Waals surface area contributed by atoms with E-state index < -0.39 is 11.7 Å². The van der Waals surface area contributed by atoms with Crippen molar-refractivity contribution in [2.24, 2.45) is 7.05 Å². The summed E-state index contributed by atoms with van der Waals surface area (Å²) in [5.41, 5.74) is 1.45. The zero-order valence-electron chi connectivity index (χ0n) is 14.1. The molecule has 0 unspecified atom stereocenters. The predicted molar refractivity (Wildman–Crippen MR) is 84.6 cm³/mol. The summed E-state index contributed by atoms with van der Waals surface area (Å²) in [6.07, 6.45) is -2.95. The molecule has 0 aliphatic rings. The Morgan fingerprint density at radius 2 is 1.83 bits per heavy atom. The molecule has 0 aromatic carbocycles. The van der Waals surface area contributed by atoms with Crippen LogP contribution in [0.3, 0.4) is 0 Å². The summed E-state index contributed by atoms with van der Waals surface area (Å²) in [5, 5.41) is 8.42. The first kappa shape index (κ1) is 16.5. The van der Waals surface area contributed by atoms with Gasteiger partial charge in [-0.3, -0.25) is 4.68 Å². The molecule has 5 nitrogen and oxygen atoms in total. The lowest BCUT2D eigenvalue weighted by molar-refractivity contribution is -0.136. The Bertz CT molecular complexity index is 918. The van der Waals surface area contributed by atoms with Crippen LogP contribution in [0.1, 0.15) is 36.8 Å². The van der Waals surface area contributed by atoms with Crippen molar-refractivity contribution in [1.82, 2.24) is 24.5 Å². The average Bonchev–Trinajstić information content (AvgIpc) is 2.99. The molecular formula is C16H18F3N5. The van der Waals surface area contributed by atoms with Crippen LogP contribution in [0.5, 0.6) is 0 Å². The van der Waals surface area contributed by atoms with E-state index in [1.165, 1.54) is 10.9 Å². The number of halogens is 3. The van der Waals surface area contributed by atoms with Gasteiger partial charge in [0.25, 0.3) is 0 Å². The van der Waals surface area contributed by atoms with Gasteiger partial charge in [-0.25, -0.2) is 9.67 Å². The summed E-state index contributed by atoms with van der Waals surface area (Å²) in [6, 6.07) is 0.992. The number of pyridine rings is 1. The minimum Gasteiger partial charge on any atom is -0.272 e. The van der Waals surface area contributed by atoms with Gasteiger partial charge in [0.1, 0.15) is 0 Å². The Morgan fingerprint density at radius 3 is 2.33 bits per heavy atom. The van der Waals surface area contributed by atoms with Crippen molar-refractivity contribution in [2.45, 2.75) is 39.9 Å². The van der Waals surface area contributed by atoms with E-state index in [0.717, 1.165) is 11.8 Å². The van der Waals surface area contributed by atoms with Gasteiger partial charge in [0.05, 0.1) is 28.5 Å². The number of fused-ring (bicyclic) bond motifs is 1. The Kier molecular flexibility index (Phi) is 3.65. The zero-order chi connectivity index (χ0) is 17.8. The van der Waals surface area contributed by atoms with Gasteiger partial charge in [-0.1, -0.05) is 0 Å². The molecule has 3 rings (SSSR count). The normalized spacial score (nSPS) is 12.5. The quantitative estimate of drug-likeness (QED) is 0.709. The topological polar surface area (TPSA) is 48.5 Å². The standard InChI is InChI=1S/C16H18F3N5/c1-8(2)24-15-14(9(3)22-24)12(16(17,18)19)6-13(21-15)11-7-20-23(5)10(11)4/h6-8H,1-5H3. The SMILES string of the molecule is Cc1nn(C(C)C)c2nc(-c3cnn(C)c3C)cc(C(F)(F)F)c12. The van der Waals surface area contributed by atoms with Crippen LogP contribution in [-0.2, 0) is 13.2 Å². The maximum Gasteiger partial charge on any atom is 0.417 e. The van der Waals surface area contributed by atoms with Crippen LogP contribution in [0, 0.1) is 13.8 Å². The third-order valence-electron chi connectivity index (χ3n) is 4.14. The van der Waals surface area contributed by atoms with E-state index >= 15 is 0 Å². The van der Waals surface area contributed by atoms with Crippen molar-refractivity contribution in [1.29, 1.82) is 0 Å². The number of hydrogen-bond donors (Lipinski definition) is 0. The number of rotatable bonds is 2. The molecule has 3 aromatic heterocycles. The van der Waals surface area contributed by atoms with Crippen LogP contribution in [-0.4, -0.2) is 24.5 Å². The maximum atomic E-state index is 13.6. The summed E-state index contributed by atoms with van der Waals surface area (Å²) < 4.78 is 44.0. The van der Waals surface area contributed by atoms with Crippen molar-refractivity contribution < 1.29 is 13.2 Å². The number of aromatic nitrogens is 5. The first-order valence-electron chi connectivity index (χ1n) is 7.57. The molecule has 0 bridgehead atoms. The van der Waals surface area contributed by atoms with Crippen molar-refractivity contribution in [3.8, 4) is 11.3 Å². The molecule has 3 heterocycles. The second kappa shape index (κ2) is 5.32. The van der Waals surface area contributed by atoms with Gasteiger partial charge in [-0.15, -0.1) is 0 Å². The van der Waals surface area contributed by atoms with E-state index in [1.807, 2.05) is 13.8 Å². The second-order valence-electron chi connectivity index (χ2n) is 6.14. The van der Waals surface area contributed by atoms with E-state index in [4.69, 9.17) is 0 Å². The van der Waals surface area contributed by atoms with Gasteiger partial charge in [-0.2, -0.15) is 23.4 Å². The van der Waals surface area contributed by atoms with Crippen molar-refractivity contribution in [3.63, 3.8) is 0 Å². The molecule has 0 aliphatic carbocycles. The Labute approximate surface area is 137 Å². The van der Waals surface area contributed by atoms with Crippen LogP contribution in [0.25, 0.3) is 22.3 Å². The lowest BCUT2D eigenvalue weighted by Crippen LogP contribution is -2.09.